The molecule has 0 heterocycles. The van der Waals surface area contributed by atoms with E-state index in [0.29, 0.717) is 10.6 Å². The molecule has 1 rings (SSSR count). The van der Waals surface area contributed by atoms with E-state index < -0.39 is 0 Å². The zero-order chi connectivity index (χ0) is 9.14. The number of hydrogen-bond acceptors (Lipinski definition) is 2. The van der Waals surface area contributed by atoms with Crippen LogP contribution in [0.5, 0.6) is 0 Å². The third-order valence-electron chi connectivity index (χ3n) is 1.34. The predicted octanol–water partition coefficient (Wildman–Crippen LogP) is 1.68. The molecule has 0 radical (unpaired) electrons. The van der Waals surface area contributed by atoms with Gasteiger partial charge in [-0.1, -0.05) is 27.5 Å². The topological polar surface area (TPSA) is 64.4 Å². The molecule has 0 saturated heterocycles. The van der Waals surface area contributed by atoms with Gasteiger partial charge in [0, 0.05) is 15.1 Å². The van der Waals surface area contributed by atoms with Gasteiger partial charge in [0.1, 0.15) is 0 Å². The fourth-order valence-electron chi connectivity index (χ4n) is 0.763. The Kier molecular flexibility index (Phi) is 2.94. The minimum atomic E-state index is 0.254. The van der Waals surface area contributed by atoms with E-state index >= 15 is 0 Å². The van der Waals surface area contributed by atoms with Gasteiger partial charge < -0.3 is 11.6 Å². The van der Waals surface area contributed by atoms with Gasteiger partial charge in [0.25, 0.3) is 0 Å². The van der Waals surface area contributed by atoms with E-state index in [2.05, 4.69) is 21.0 Å². The summed E-state index contributed by atoms with van der Waals surface area (Å²) in [6.07, 6.45) is 0. The minimum Gasteiger partial charge on any atom is -0.382 e. The van der Waals surface area contributed by atoms with Crippen molar-refractivity contribution in [2.24, 2.45) is 16.7 Å². The molecular formula is C7H7BrClN3. The van der Waals surface area contributed by atoms with Crippen molar-refractivity contribution in [2.75, 3.05) is 0 Å². The van der Waals surface area contributed by atoms with Crippen molar-refractivity contribution in [3.63, 3.8) is 0 Å². The van der Waals surface area contributed by atoms with Gasteiger partial charge in [-0.3, -0.25) is 0 Å². The summed E-state index contributed by atoms with van der Waals surface area (Å²) < 4.78 is 0.818. The molecule has 0 saturated carbocycles. The van der Waals surface area contributed by atoms with Crippen LogP contribution in [0.1, 0.15) is 5.56 Å². The van der Waals surface area contributed by atoms with Crippen LogP contribution in [0.15, 0.2) is 27.8 Å². The van der Waals surface area contributed by atoms with Crippen LogP contribution in [0, 0.1) is 0 Å². The molecule has 0 aliphatic heterocycles. The molecular weight excluding hydrogens is 241 g/mol. The van der Waals surface area contributed by atoms with E-state index in [-0.39, 0.29) is 5.84 Å². The molecule has 0 aliphatic rings. The molecule has 1 aromatic carbocycles. The van der Waals surface area contributed by atoms with E-state index in [1.54, 1.807) is 18.2 Å². The number of rotatable bonds is 1. The van der Waals surface area contributed by atoms with Gasteiger partial charge in [-0.2, -0.15) is 5.10 Å². The third-order valence-corrected chi connectivity index (χ3v) is 2.27. The van der Waals surface area contributed by atoms with E-state index in [1.165, 1.54) is 0 Å². The minimum absolute atomic E-state index is 0.254. The Labute approximate surface area is 83.5 Å². The molecule has 0 aromatic heterocycles. The van der Waals surface area contributed by atoms with Crippen molar-refractivity contribution in [3.8, 4) is 0 Å². The van der Waals surface area contributed by atoms with Gasteiger partial charge in [-0.25, -0.2) is 0 Å². The summed E-state index contributed by atoms with van der Waals surface area (Å²) in [5.41, 5.74) is 6.20. The summed E-state index contributed by atoms with van der Waals surface area (Å²) in [4.78, 5) is 0. The molecule has 5 heteroatoms. The highest BCUT2D eigenvalue weighted by atomic mass is 79.9. The summed E-state index contributed by atoms with van der Waals surface area (Å²) in [6.45, 7) is 0. The third kappa shape index (κ3) is 1.89. The lowest BCUT2D eigenvalue weighted by Gasteiger charge is -2.02. The Morgan fingerprint density at radius 2 is 2.17 bits per heavy atom. The first-order chi connectivity index (χ1) is 5.65. The van der Waals surface area contributed by atoms with E-state index in [9.17, 15) is 0 Å². The number of amidine groups is 1. The van der Waals surface area contributed by atoms with Crippen LogP contribution in [-0.4, -0.2) is 5.84 Å². The van der Waals surface area contributed by atoms with E-state index in [0.717, 1.165) is 4.47 Å². The first-order valence-corrected chi connectivity index (χ1v) is 4.31. The highest BCUT2D eigenvalue weighted by Crippen LogP contribution is 2.20. The summed E-state index contributed by atoms with van der Waals surface area (Å²) >= 11 is 9.04. The normalized spacial score (nSPS) is 11.7. The van der Waals surface area contributed by atoms with Crippen molar-refractivity contribution in [2.45, 2.75) is 0 Å². The molecule has 12 heavy (non-hydrogen) atoms. The van der Waals surface area contributed by atoms with Crippen LogP contribution in [0.2, 0.25) is 5.02 Å². The average Bonchev–Trinajstić information content (AvgIpc) is 2.08. The Balaban J connectivity index is 3.23. The van der Waals surface area contributed by atoms with Gasteiger partial charge in [0.15, 0.2) is 5.84 Å². The molecule has 0 atom stereocenters. The zero-order valence-corrected chi connectivity index (χ0v) is 8.43. The highest BCUT2D eigenvalue weighted by molar-refractivity contribution is 9.10. The summed E-state index contributed by atoms with van der Waals surface area (Å²) in [7, 11) is 0. The molecule has 0 fully saturated rings. The lowest BCUT2D eigenvalue weighted by molar-refractivity contribution is 1.23. The molecule has 0 aliphatic carbocycles. The van der Waals surface area contributed by atoms with Crippen LogP contribution < -0.4 is 11.6 Å². The predicted molar refractivity (Wildman–Crippen MR) is 54.1 cm³/mol. The highest BCUT2D eigenvalue weighted by Gasteiger charge is 2.03. The lowest BCUT2D eigenvalue weighted by Crippen LogP contribution is -2.15. The monoisotopic (exact) mass is 247 g/mol. The first kappa shape index (κ1) is 9.35. The molecule has 4 N–H and O–H groups in total. The van der Waals surface area contributed by atoms with Gasteiger partial charge in [-0.05, 0) is 18.2 Å². The Bertz CT molecular complexity index is 324. The van der Waals surface area contributed by atoms with Crippen molar-refractivity contribution in [1.82, 2.24) is 0 Å². The molecule has 1 aromatic rings. The molecule has 3 nitrogen and oxygen atoms in total. The fourth-order valence-corrected chi connectivity index (χ4v) is 1.39. The Hall–Kier alpha value is -0.740. The van der Waals surface area contributed by atoms with Crippen molar-refractivity contribution in [1.29, 1.82) is 0 Å². The first-order valence-electron chi connectivity index (χ1n) is 3.14. The maximum atomic E-state index is 5.75. The van der Waals surface area contributed by atoms with Gasteiger partial charge in [0.05, 0.1) is 0 Å². The molecule has 0 unspecified atom stereocenters. The van der Waals surface area contributed by atoms with Crippen LogP contribution in [-0.2, 0) is 0 Å². The van der Waals surface area contributed by atoms with Gasteiger partial charge >= 0.3 is 0 Å². The molecule has 0 spiro atoms. The van der Waals surface area contributed by atoms with Gasteiger partial charge in [-0.15, -0.1) is 0 Å². The van der Waals surface area contributed by atoms with Crippen LogP contribution in [0.3, 0.4) is 0 Å². The number of hydrazone groups is 1. The Morgan fingerprint density at radius 1 is 1.50 bits per heavy atom. The molecule has 0 amide bonds. The second kappa shape index (κ2) is 3.78. The number of nitrogens with zero attached hydrogens (tertiary/aromatic N) is 1. The van der Waals surface area contributed by atoms with E-state index in [1.807, 2.05) is 0 Å². The number of benzene rings is 1. The fraction of sp³-hybridized carbons (Fsp3) is 0. The largest absolute Gasteiger partial charge is 0.382 e. The van der Waals surface area contributed by atoms with E-state index in [4.69, 9.17) is 23.2 Å². The number of hydrogen-bond donors (Lipinski definition) is 2. The maximum absolute atomic E-state index is 5.75. The second-order valence-electron chi connectivity index (χ2n) is 2.14. The smallest absolute Gasteiger partial charge is 0.151 e. The van der Waals surface area contributed by atoms with Crippen LogP contribution >= 0.6 is 27.5 Å². The molecule has 64 valence electrons. The van der Waals surface area contributed by atoms with Crippen molar-refractivity contribution >= 4 is 33.4 Å². The van der Waals surface area contributed by atoms with Crippen LogP contribution in [0.25, 0.3) is 0 Å². The zero-order valence-electron chi connectivity index (χ0n) is 6.09. The summed E-state index contributed by atoms with van der Waals surface area (Å²) in [6, 6.07) is 5.23. The van der Waals surface area contributed by atoms with Crippen molar-refractivity contribution < 1.29 is 0 Å². The lowest BCUT2D eigenvalue weighted by atomic mass is 10.2. The van der Waals surface area contributed by atoms with Crippen molar-refractivity contribution in [3.05, 3.63) is 33.3 Å². The quantitative estimate of drug-likeness (QED) is 0.344. The summed E-state index contributed by atoms with van der Waals surface area (Å²) in [5.74, 6) is 5.28. The number of nitrogens with two attached hydrogens (primary N) is 2. The number of halogens is 2. The van der Waals surface area contributed by atoms with Gasteiger partial charge in [0.2, 0.25) is 0 Å². The van der Waals surface area contributed by atoms with Crippen LogP contribution in [0.4, 0.5) is 0 Å². The molecule has 0 bridgehead atoms. The summed E-state index contributed by atoms with van der Waals surface area (Å²) in [5, 5.41) is 3.96. The standard InChI is InChI=1S/C7H7BrClN3/c8-6-2-1-4(9)3-5(6)7(10)12-11/h1-3H,11H2,(H2,10,12). The second-order valence-corrected chi connectivity index (χ2v) is 3.43. The average molecular weight is 249 g/mol. The maximum Gasteiger partial charge on any atom is 0.151 e. The Morgan fingerprint density at radius 3 is 2.75 bits per heavy atom. The SMILES string of the molecule is N/N=C(/N)c1cc(Cl)ccc1Br.